The lowest BCUT2D eigenvalue weighted by molar-refractivity contribution is 0.170. The van der Waals surface area contributed by atoms with Gasteiger partial charge in [-0.2, -0.15) is 0 Å². The second kappa shape index (κ2) is 6.14. The Hall–Kier alpha value is -1.07. The van der Waals surface area contributed by atoms with Crippen LogP contribution in [0.5, 0.6) is 5.75 Å². The van der Waals surface area contributed by atoms with E-state index in [-0.39, 0.29) is 11.2 Å². The molecular formula is C15H23NO3S. The molecule has 1 aromatic rings. The third-order valence-corrected chi connectivity index (χ3v) is 5.04. The molecule has 0 spiro atoms. The Morgan fingerprint density at radius 1 is 1.30 bits per heavy atom. The van der Waals surface area contributed by atoms with Crippen molar-refractivity contribution in [3.63, 3.8) is 0 Å². The van der Waals surface area contributed by atoms with E-state index < -0.39 is 10.0 Å². The minimum Gasteiger partial charge on any atom is -0.493 e. The van der Waals surface area contributed by atoms with Crippen molar-refractivity contribution in [2.75, 3.05) is 12.4 Å². The molecule has 0 aliphatic heterocycles. The summed E-state index contributed by atoms with van der Waals surface area (Å²) in [5, 5.41) is 5.23. The fourth-order valence-electron chi connectivity index (χ4n) is 2.97. The van der Waals surface area contributed by atoms with Crippen LogP contribution in [0.15, 0.2) is 24.3 Å². The molecule has 1 saturated carbocycles. The Morgan fingerprint density at radius 2 is 2.00 bits per heavy atom. The van der Waals surface area contributed by atoms with Crippen molar-refractivity contribution in [3.05, 3.63) is 29.8 Å². The molecule has 0 saturated heterocycles. The summed E-state index contributed by atoms with van der Waals surface area (Å²) in [6.45, 7) is 2.52. The number of ether oxygens (including phenoxy) is 1. The minimum atomic E-state index is -3.46. The number of primary sulfonamides is 1. The summed E-state index contributed by atoms with van der Waals surface area (Å²) in [4.78, 5) is 0. The Labute approximate surface area is 121 Å². The maximum atomic E-state index is 11.4. The van der Waals surface area contributed by atoms with Gasteiger partial charge in [-0.1, -0.05) is 31.9 Å². The van der Waals surface area contributed by atoms with Crippen LogP contribution in [0.4, 0.5) is 0 Å². The van der Waals surface area contributed by atoms with Crippen LogP contribution >= 0.6 is 0 Å². The molecule has 4 nitrogen and oxygen atoms in total. The smallest absolute Gasteiger partial charge is 0.209 e. The van der Waals surface area contributed by atoms with E-state index in [1.165, 1.54) is 5.56 Å². The van der Waals surface area contributed by atoms with Gasteiger partial charge in [0.2, 0.25) is 10.0 Å². The number of rotatable bonds is 6. The number of aryl methyl sites for hydroxylation is 1. The van der Waals surface area contributed by atoms with Crippen LogP contribution in [0.1, 0.15) is 38.2 Å². The SMILES string of the molecule is CCc1cccc(OCC2(CS(N)(=O)=O)CCCC2)c1. The lowest BCUT2D eigenvalue weighted by Crippen LogP contribution is -2.36. The van der Waals surface area contributed by atoms with Gasteiger partial charge in [-0.15, -0.1) is 0 Å². The zero-order chi connectivity index (χ0) is 14.6. The van der Waals surface area contributed by atoms with E-state index >= 15 is 0 Å². The molecule has 1 aliphatic rings. The van der Waals surface area contributed by atoms with Gasteiger partial charge in [0.25, 0.3) is 0 Å². The van der Waals surface area contributed by atoms with E-state index in [9.17, 15) is 8.42 Å². The molecule has 0 radical (unpaired) electrons. The number of hydrogen-bond acceptors (Lipinski definition) is 3. The van der Waals surface area contributed by atoms with Crippen molar-refractivity contribution >= 4 is 10.0 Å². The van der Waals surface area contributed by atoms with Crippen molar-refractivity contribution in [1.29, 1.82) is 0 Å². The molecule has 0 bridgehead atoms. The third kappa shape index (κ3) is 4.21. The predicted octanol–water partition coefficient (Wildman–Crippen LogP) is 2.48. The Kier molecular flexibility index (Phi) is 4.70. The monoisotopic (exact) mass is 297 g/mol. The highest BCUT2D eigenvalue weighted by atomic mass is 32.2. The lowest BCUT2D eigenvalue weighted by atomic mass is 9.90. The second-order valence-corrected chi connectivity index (χ2v) is 7.42. The number of nitrogens with two attached hydrogens (primary N) is 1. The van der Waals surface area contributed by atoms with Crippen LogP contribution in [-0.2, 0) is 16.4 Å². The molecule has 1 aliphatic carbocycles. The molecule has 1 fully saturated rings. The molecule has 0 unspecified atom stereocenters. The van der Waals surface area contributed by atoms with E-state index in [1.807, 2.05) is 18.2 Å². The van der Waals surface area contributed by atoms with E-state index in [0.717, 1.165) is 37.9 Å². The van der Waals surface area contributed by atoms with Gasteiger partial charge in [0.1, 0.15) is 5.75 Å². The first-order chi connectivity index (χ1) is 9.42. The van der Waals surface area contributed by atoms with Gasteiger partial charge in [0.05, 0.1) is 12.4 Å². The minimum absolute atomic E-state index is 0.0213. The fourth-order valence-corrected chi connectivity index (χ4v) is 4.20. The summed E-state index contributed by atoms with van der Waals surface area (Å²) < 4.78 is 28.7. The Balaban J connectivity index is 2.05. The van der Waals surface area contributed by atoms with E-state index in [2.05, 4.69) is 13.0 Å². The number of sulfonamides is 1. The van der Waals surface area contributed by atoms with E-state index in [0.29, 0.717) is 6.61 Å². The summed E-state index contributed by atoms with van der Waals surface area (Å²) in [5.74, 6) is 0.832. The number of hydrogen-bond donors (Lipinski definition) is 1. The van der Waals surface area contributed by atoms with E-state index in [4.69, 9.17) is 9.88 Å². The third-order valence-electron chi connectivity index (χ3n) is 4.02. The molecule has 1 aromatic carbocycles. The average Bonchev–Trinajstić information content (AvgIpc) is 2.83. The van der Waals surface area contributed by atoms with Crippen LogP contribution in [0.2, 0.25) is 0 Å². The highest BCUT2D eigenvalue weighted by molar-refractivity contribution is 7.89. The van der Waals surface area contributed by atoms with Crippen molar-refractivity contribution in [2.45, 2.75) is 39.0 Å². The van der Waals surface area contributed by atoms with Crippen molar-refractivity contribution in [2.24, 2.45) is 10.6 Å². The maximum absolute atomic E-state index is 11.4. The first kappa shape index (κ1) is 15.3. The van der Waals surface area contributed by atoms with Gasteiger partial charge >= 0.3 is 0 Å². The highest BCUT2D eigenvalue weighted by Crippen LogP contribution is 2.39. The maximum Gasteiger partial charge on any atom is 0.209 e. The first-order valence-electron chi connectivity index (χ1n) is 7.15. The van der Waals surface area contributed by atoms with Gasteiger partial charge < -0.3 is 4.74 Å². The number of benzene rings is 1. The Morgan fingerprint density at radius 3 is 2.60 bits per heavy atom. The van der Waals surface area contributed by atoms with Crippen LogP contribution in [0.3, 0.4) is 0 Å². The van der Waals surface area contributed by atoms with E-state index in [1.54, 1.807) is 0 Å². The van der Waals surface area contributed by atoms with Gasteiger partial charge in [-0.05, 0) is 37.0 Å². The molecule has 2 rings (SSSR count). The lowest BCUT2D eigenvalue weighted by Gasteiger charge is -2.27. The van der Waals surface area contributed by atoms with Crippen LogP contribution in [0, 0.1) is 5.41 Å². The zero-order valence-electron chi connectivity index (χ0n) is 12.0. The van der Waals surface area contributed by atoms with Gasteiger partial charge in [0, 0.05) is 5.41 Å². The highest BCUT2D eigenvalue weighted by Gasteiger charge is 2.38. The molecular weight excluding hydrogens is 274 g/mol. The average molecular weight is 297 g/mol. The van der Waals surface area contributed by atoms with Crippen LogP contribution < -0.4 is 9.88 Å². The quantitative estimate of drug-likeness (QED) is 0.877. The molecule has 112 valence electrons. The molecule has 5 heteroatoms. The van der Waals surface area contributed by atoms with Crippen LogP contribution in [-0.4, -0.2) is 20.8 Å². The first-order valence-corrected chi connectivity index (χ1v) is 8.86. The standard InChI is InChI=1S/C15H23NO3S/c1-2-13-6-5-7-14(10-13)19-11-15(8-3-4-9-15)12-20(16,17)18/h5-7,10H,2-4,8-9,11-12H2,1H3,(H2,16,17,18). The zero-order valence-corrected chi connectivity index (χ0v) is 12.8. The molecule has 20 heavy (non-hydrogen) atoms. The predicted molar refractivity (Wildman–Crippen MR) is 80.2 cm³/mol. The fraction of sp³-hybridized carbons (Fsp3) is 0.600. The van der Waals surface area contributed by atoms with Gasteiger partial charge in [-0.3, -0.25) is 0 Å². The summed E-state index contributed by atoms with van der Waals surface area (Å²) in [7, 11) is -3.46. The topological polar surface area (TPSA) is 69.4 Å². The van der Waals surface area contributed by atoms with Crippen LogP contribution in [0.25, 0.3) is 0 Å². The molecule has 0 amide bonds. The molecule has 0 heterocycles. The molecule has 0 aromatic heterocycles. The van der Waals surface area contributed by atoms with Crippen molar-refractivity contribution in [3.8, 4) is 5.75 Å². The second-order valence-electron chi connectivity index (χ2n) is 5.80. The Bertz CT molecular complexity index is 548. The largest absolute Gasteiger partial charge is 0.493 e. The normalized spacial score (nSPS) is 18.1. The molecule has 2 N–H and O–H groups in total. The van der Waals surface area contributed by atoms with Crippen molar-refractivity contribution in [1.82, 2.24) is 0 Å². The summed E-state index contributed by atoms with van der Waals surface area (Å²) in [6.07, 6.45) is 4.80. The summed E-state index contributed by atoms with van der Waals surface area (Å²) in [5.41, 5.74) is 0.907. The van der Waals surface area contributed by atoms with Gasteiger partial charge in [-0.25, -0.2) is 13.6 Å². The summed E-state index contributed by atoms with van der Waals surface area (Å²) in [6, 6.07) is 7.95. The van der Waals surface area contributed by atoms with Gasteiger partial charge in [0.15, 0.2) is 0 Å². The molecule has 0 atom stereocenters. The van der Waals surface area contributed by atoms with Crippen molar-refractivity contribution < 1.29 is 13.2 Å². The summed E-state index contributed by atoms with van der Waals surface area (Å²) >= 11 is 0.